The van der Waals surface area contributed by atoms with E-state index in [0.717, 1.165) is 12.2 Å². The molecule has 1 radical (unpaired) electrons. The molecular weight excluding hydrogens is 182 g/mol. The highest BCUT2D eigenvalue weighted by Gasteiger charge is 1.92. The van der Waals surface area contributed by atoms with Crippen LogP contribution in [0.1, 0.15) is 11.1 Å². The van der Waals surface area contributed by atoms with E-state index in [2.05, 4.69) is 42.6 Å². The number of nitrogens with one attached hydrogen (secondary N) is 1. The first-order valence-electron chi connectivity index (χ1n) is 5.10. The molecule has 0 aromatic heterocycles. The molecule has 15 heavy (non-hydrogen) atoms. The van der Waals surface area contributed by atoms with E-state index in [-0.39, 0.29) is 0 Å². The van der Waals surface area contributed by atoms with Crippen molar-refractivity contribution >= 4 is 5.69 Å². The molecule has 1 heteroatoms. The van der Waals surface area contributed by atoms with Crippen LogP contribution in [0.25, 0.3) is 0 Å². The minimum absolute atomic E-state index is 0.865. The summed E-state index contributed by atoms with van der Waals surface area (Å²) in [6, 6.07) is 19.4. The Kier molecular flexibility index (Phi) is 3.03. The van der Waals surface area contributed by atoms with Gasteiger partial charge in [0.1, 0.15) is 0 Å². The van der Waals surface area contributed by atoms with Crippen LogP contribution in [0, 0.1) is 13.0 Å². The zero-order valence-electron chi connectivity index (χ0n) is 8.83. The zero-order chi connectivity index (χ0) is 10.5. The number of aryl methyl sites for hydroxylation is 1. The highest BCUT2D eigenvalue weighted by Crippen LogP contribution is 2.08. The van der Waals surface area contributed by atoms with E-state index >= 15 is 0 Å². The van der Waals surface area contributed by atoms with Crippen LogP contribution in [0.2, 0.25) is 0 Å². The smallest absolute Gasteiger partial charge is 0.0400 e. The second kappa shape index (κ2) is 4.65. The molecule has 1 nitrogen and oxygen atoms in total. The fourth-order valence-corrected chi connectivity index (χ4v) is 1.41. The Labute approximate surface area is 90.8 Å². The molecule has 0 amide bonds. The third kappa shape index (κ3) is 2.84. The Hall–Kier alpha value is -1.76. The number of hydrogen-bond donors (Lipinski definition) is 1. The highest BCUT2D eigenvalue weighted by atomic mass is 14.9. The maximum atomic E-state index is 3.36. The van der Waals surface area contributed by atoms with Crippen molar-refractivity contribution in [1.29, 1.82) is 0 Å². The average molecular weight is 196 g/mol. The summed E-state index contributed by atoms with van der Waals surface area (Å²) in [5, 5.41) is 3.36. The van der Waals surface area contributed by atoms with Gasteiger partial charge in [-0.05, 0) is 30.7 Å². The molecule has 2 aromatic rings. The molecule has 0 saturated carbocycles. The molecule has 1 N–H and O–H groups in total. The molecule has 0 heterocycles. The number of anilines is 1. The van der Waals surface area contributed by atoms with Crippen molar-refractivity contribution in [2.75, 3.05) is 5.32 Å². The summed E-state index contributed by atoms with van der Waals surface area (Å²) >= 11 is 0. The lowest BCUT2D eigenvalue weighted by atomic mass is 10.1. The molecule has 0 saturated heterocycles. The monoisotopic (exact) mass is 196 g/mol. The summed E-state index contributed by atoms with van der Waals surface area (Å²) < 4.78 is 0. The SMILES string of the molecule is Cc1ccc(CNc2cc[c]cc2)cc1. The standard InChI is InChI=1S/C14H14N/c1-12-7-9-13(10-8-12)11-15-14-5-3-2-4-6-14/h3-10,15H,11H2,1H3. The van der Waals surface area contributed by atoms with Crippen molar-refractivity contribution in [3.63, 3.8) is 0 Å². The van der Waals surface area contributed by atoms with E-state index in [0.29, 0.717) is 0 Å². The molecule has 75 valence electrons. The van der Waals surface area contributed by atoms with E-state index in [4.69, 9.17) is 0 Å². The summed E-state index contributed by atoms with van der Waals surface area (Å²) in [4.78, 5) is 0. The Bertz CT molecular complexity index is 403. The number of rotatable bonds is 3. The lowest BCUT2D eigenvalue weighted by Gasteiger charge is -2.06. The van der Waals surface area contributed by atoms with Gasteiger partial charge in [-0.25, -0.2) is 0 Å². The summed E-state index contributed by atoms with van der Waals surface area (Å²) in [5.74, 6) is 0. The van der Waals surface area contributed by atoms with Crippen molar-refractivity contribution in [3.05, 3.63) is 65.7 Å². The summed E-state index contributed by atoms with van der Waals surface area (Å²) in [7, 11) is 0. The quantitative estimate of drug-likeness (QED) is 0.793. The first-order chi connectivity index (χ1) is 7.34. The van der Waals surface area contributed by atoms with Crippen LogP contribution in [0.5, 0.6) is 0 Å². The molecule has 2 rings (SSSR count). The van der Waals surface area contributed by atoms with Crippen LogP contribution >= 0.6 is 0 Å². The third-order valence-corrected chi connectivity index (χ3v) is 2.34. The second-order valence-corrected chi connectivity index (χ2v) is 3.63. The summed E-state index contributed by atoms with van der Waals surface area (Å²) in [6.07, 6.45) is 0. The average Bonchev–Trinajstić information content (AvgIpc) is 2.30. The van der Waals surface area contributed by atoms with Gasteiger partial charge in [0, 0.05) is 12.2 Å². The van der Waals surface area contributed by atoms with E-state index in [1.165, 1.54) is 11.1 Å². The van der Waals surface area contributed by atoms with Crippen molar-refractivity contribution in [2.45, 2.75) is 13.5 Å². The molecule has 0 bridgehead atoms. The first-order valence-corrected chi connectivity index (χ1v) is 5.10. The van der Waals surface area contributed by atoms with E-state index in [1.807, 2.05) is 24.3 Å². The van der Waals surface area contributed by atoms with Crippen molar-refractivity contribution < 1.29 is 0 Å². The van der Waals surface area contributed by atoms with E-state index in [9.17, 15) is 0 Å². The Balaban J connectivity index is 1.96. The molecule has 0 aliphatic heterocycles. The molecular formula is C14H14N. The van der Waals surface area contributed by atoms with E-state index < -0.39 is 0 Å². The molecule has 0 aliphatic rings. The normalized spacial score (nSPS) is 9.93. The van der Waals surface area contributed by atoms with Crippen LogP contribution in [-0.2, 0) is 6.54 Å². The fraction of sp³-hybridized carbons (Fsp3) is 0.143. The van der Waals surface area contributed by atoms with Gasteiger partial charge in [0.15, 0.2) is 0 Å². The molecule has 0 atom stereocenters. The van der Waals surface area contributed by atoms with Gasteiger partial charge in [-0.2, -0.15) is 0 Å². The van der Waals surface area contributed by atoms with Gasteiger partial charge >= 0.3 is 0 Å². The van der Waals surface area contributed by atoms with Crippen molar-refractivity contribution in [1.82, 2.24) is 0 Å². The summed E-state index contributed by atoms with van der Waals surface area (Å²) in [5.41, 5.74) is 3.73. The maximum absolute atomic E-state index is 3.36. The minimum Gasteiger partial charge on any atom is -0.381 e. The van der Waals surface area contributed by atoms with Crippen LogP contribution in [-0.4, -0.2) is 0 Å². The van der Waals surface area contributed by atoms with Crippen molar-refractivity contribution in [3.8, 4) is 0 Å². The first kappa shape index (κ1) is 9.78. The maximum Gasteiger partial charge on any atom is 0.0400 e. The lowest BCUT2D eigenvalue weighted by Crippen LogP contribution is -1.98. The van der Waals surface area contributed by atoms with Gasteiger partial charge in [-0.3, -0.25) is 0 Å². The van der Waals surface area contributed by atoms with Crippen LogP contribution in [0.3, 0.4) is 0 Å². The number of hydrogen-bond acceptors (Lipinski definition) is 1. The van der Waals surface area contributed by atoms with Gasteiger partial charge in [-0.15, -0.1) is 0 Å². The molecule has 0 aliphatic carbocycles. The topological polar surface area (TPSA) is 12.0 Å². The summed E-state index contributed by atoms with van der Waals surface area (Å²) in [6.45, 7) is 2.97. The second-order valence-electron chi connectivity index (χ2n) is 3.63. The third-order valence-electron chi connectivity index (χ3n) is 2.34. The lowest BCUT2D eigenvalue weighted by molar-refractivity contribution is 1.14. The Morgan fingerprint density at radius 1 is 1.00 bits per heavy atom. The van der Waals surface area contributed by atoms with Gasteiger partial charge in [0.05, 0.1) is 0 Å². The minimum atomic E-state index is 0.865. The largest absolute Gasteiger partial charge is 0.381 e. The predicted molar refractivity (Wildman–Crippen MR) is 63.8 cm³/mol. The van der Waals surface area contributed by atoms with Gasteiger partial charge < -0.3 is 5.32 Å². The number of benzene rings is 2. The zero-order valence-corrected chi connectivity index (χ0v) is 8.83. The van der Waals surface area contributed by atoms with Crippen molar-refractivity contribution in [2.24, 2.45) is 0 Å². The predicted octanol–water partition coefficient (Wildman–Crippen LogP) is 3.41. The Morgan fingerprint density at radius 2 is 1.67 bits per heavy atom. The fourth-order valence-electron chi connectivity index (χ4n) is 1.41. The van der Waals surface area contributed by atoms with E-state index in [1.54, 1.807) is 0 Å². The molecule has 0 unspecified atom stereocenters. The van der Waals surface area contributed by atoms with Gasteiger partial charge in [0.2, 0.25) is 0 Å². The molecule has 0 spiro atoms. The van der Waals surface area contributed by atoms with Crippen LogP contribution in [0.15, 0.2) is 48.5 Å². The Morgan fingerprint density at radius 3 is 2.33 bits per heavy atom. The van der Waals surface area contributed by atoms with Gasteiger partial charge in [0.25, 0.3) is 0 Å². The molecule has 2 aromatic carbocycles. The molecule has 0 fully saturated rings. The highest BCUT2D eigenvalue weighted by molar-refractivity contribution is 5.42. The van der Waals surface area contributed by atoms with Gasteiger partial charge in [-0.1, -0.05) is 42.0 Å². The van der Waals surface area contributed by atoms with Crippen LogP contribution < -0.4 is 5.32 Å². The van der Waals surface area contributed by atoms with Crippen LogP contribution in [0.4, 0.5) is 5.69 Å².